The summed E-state index contributed by atoms with van der Waals surface area (Å²) in [5.74, 6) is -2.24. The highest BCUT2D eigenvalue weighted by atomic mass is 32.2. The molecule has 0 fully saturated rings. The fourth-order valence-corrected chi connectivity index (χ4v) is 3.17. The normalized spacial score (nSPS) is 10.7. The summed E-state index contributed by atoms with van der Waals surface area (Å²) < 4.78 is 31.0. The molecule has 0 aromatic heterocycles. The molecule has 0 saturated carbocycles. The Bertz CT molecular complexity index is 1080. The fraction of sp³-hybridized carbons (Fsp3) is 0.0526. The average Bonchev–Trinajstić information content (AvgIpc) is 2.60. The van der Waals surface area contributed by atoms with Crippen molar-refractivity contribution in [3.63, 3.8) is 0 Å². The number of hydrogen-bond acceptors (Lipinski definition) is 4. The summed E-state index contributed by atoms with van der Waals surface area (Å²) in [6, 6.07) is 15.8. The van der Waals surface area contributed by atoms with Gasteiger partial charge in [0.2, 0.25) is 0 Å². The van der Waals surface area contributed by atoms with E-state index in [-0.39, 0.29) is 16.0 Å². The minimum absolute atomic E-state index is 0.00241. The van der Waals surface area contributed by atoms with Crippen LogP contribution in [0.25, 0.3) is 10.8 Å². The van der Waals surface area contributed by atoms with Crippen molar-refractivity contribution >= 4 is 32.8 Å². The summed E-state index contributed by atoms with van der Waals surface area (Å²) in [7, 11) is -4.13. The van der Waals surface area contributed by atoms with Crippen LogP contribution in [0.5, 0.6) is 0 Å². The summed E-state index contributed by atoms with van der Waals surface area (Å²) in [6.07, 6.45) is 0. The van der Waals surface area contributed by atoms with Crippen LogP contribution in [0.15, 0.2) is 65.6 Å². The zero-order valence-electron chi connectivity index (χ0n) is 14.2. The Hall–Kier alpha value is -3.23. The summed E-state index contributed by atoms with van der Waals surface area (Å²) in [4.78, 5) is 21.0. The largest absolute Gasteiger partial charge is 0.478 e. The Morgan fingerprint density at radius 3 is 1.85 bits per heavy atom. The number of fused-ring (bicyclic) bond motifs is 1. The summed E-state index contributed by atoms with van der Waals surface area (Å²) in [6.45, 7) is 1.65. The first kappa shape index (κ1) is 20.1. The molecule has 0 unspecified atom stereocenters. The van der Waals surface area contributed by atoms with Gasteiger partial charge in [-0.2, -0.15) is 8.42 Å². The van der Waals surface area contributed by atoms with E-state index < -0.39 is 22.1 Å². The molecule has 0 heterocycles. The predicted molar refractivity (Wildman–Crippen MR) is 98.9 cm³/mol. The monoisotopic (exact) mass is 388 g/mol. The van der Waals surface area contributed by atoms with Crippen LogP contribution >= 0.6 is 0 Å². The number of carboxylic acids is 2. The van der Waals surface area contributed by atoms with Crippen molar-refractivity contribution in [3.05, 3.63) is 77.4 Å². The van der Waals surface area contributed by atoms with Crippen LogP contribution in [-0.4, -0.2) is 35.1 Å². The van der Waals surface area contributed by atoms with Crippen molar-refractivity contribution in [2.45, 2.75) is 11.8 Å². The molecule has 0 bridgehead atoms. The molecule has 3 N–H and O–H groups in total. The standard InChI is InChI=1S/C10H8O3S.C9H8O4/c11-14(12,13)10-7-3-5-8-4-1-2-6-9(8)10;1-5-2-6(8(10)11)4-7(3-5)9(12)13/h1-7H,(H,11,12,13);2-4H,1H3,(H,10,11)(H,12,13). The average molecular weight is 388 g/mol. The number of hydrogen-bond donors (Lipinski definition) is 3. The van der Waals surface area contributed by atoms with Gasteiger partial charge in [0.05, 0.1) is 11.1 Å². The Morgan fingerprint density at radius 2 is 1.33 bits per heavy atom. The van der Waals surface area contributed by atoms with Gasteiger partial charge in [-0.15, -0.1) is 0 Å². The third kappa shape index (κ3) is 5.13. The molecule has 3 aromatic rings. The van der Waals surface area contributed by atoms with E-state index >= 15 is 0 Å². The molecule has 7 nitrogen and oxygen atoms in total. The Kier molecular flexibility index (Phi) is 5.94. The lowest BCUT2D eigenvalue weighted by Crippen LogP contribution is -2.02. The van der Waals surface area contributed by atoms with Gasteiger partial charge < -0.3 is 10.2 Å². The number of aromatic carboxylic acids is 2. The Balaban J connectivity index is 0.000000194. The first-order valence-corrected chi connectivity index (χ1v) is 9.07. The van der Waals surface area contributed by atoms with Crippen molar-refractivity contribution in [1.82, 2.24) is 0 Å². The highest BCUT2D eigenvalue weighted by Crippen LogP contribution is 2.22. The van der Waals surface area contributed by atoms with Gasteiger partial charge in [-0.1, -0.05) is 36.4 Å². The van der Waals surface area contributed by atoms with Crippen molar-refractivity contribution in [2.24, 2.45) is 0 Å². The first-order valence-electron chi connectivity index (χ1n) is 7.63. The molecular formula is C19H16O7S. The molecule has 0 spiro atoms. The molecule has 0 aliphatic heterocycles. The Morgan fingerprint density at radius 1 is 0.815 bits per heavy atom. The minimum Gasteiger partial charge on any atom is -0.478 e. The summed E-state index contributed by atoms with van der Waals surface area (Å²) in [5, 5.41) is 18.6. The lowest BCUT2D eigenvalue weighted by Gasteiger charge is -2.02. The fourth-order valence-electron chi connectivity index (χ4n) is 2.45. The van der Waals surface area contributed by atoms with E-state index in [1.165, 1.54) is 18.2 Å². The lowest BCUT2D eigenvalue weighted by molar-refractivity contribution is 0.0696. The number of benzene rings is 3. The van der Waals surface area contributed by atoms with Gasteiger partial charge in [0.15, 0.2) is 0 Å². The van der Waals surface area contributed by atoms with E-state index in [1.807, 2.05) is 6.07 Å². The van der Waals surface area contributed by atoms with E-state index in [1.54, 1.807) is 37.3 Å². The molecule has 0 atom stereocenters. The second-order valence-corrected chi connectivity index (χ2v) is 7.04. The predicted octanol–water partition coefficient (Wildman–Crippen LogP) is 3.48. The topological polar surface area (TPSA) is 129 Å². The van der Waals surface area contributed by atoms with E-state index in [0.29, 0.717) is 10.9 Å². The number of carbonyl (C=O) groups is 2. The molecule has 0 radical (unpaired) electrons. The van der Waals surface area contributed by atoms with Gasteiger partial charge in [-0.25, -0.2) is 9.59 Å². The molecule has 0 saturated heterocycles. The molecule has 3 aromatic carbocycles. The van der Waals surface area contributed by atoms with Gasteiger partial charge in [0.1, 0.15) is 4.90 Å². The molecular weight excluding hydrogens is 372 g/mol. The SMILES string of the molecule is Cc1cc(C(=O)O)cc(C(=O)O)c1.O=S(=O)(O)c1cccc2ccccc12. The number of carboxylic acid groups (broad SMARTS) is 2. The van der Waals surface area contributed by atoms with Crippen molar-refractivity contribution in [2.75, 3.05) is 0 Å². The third-order valence-electron chi connectivity index (χ3n) is 3.60. The molecule has 140 valence electrons. The quantitative estimate of drug-likeness (QED) is 0.586. The van der Waals surface area contributed by atoms with Gasteiger partial charge in [-0.05, 0) is 42.1 Å². The van der Waals surface area contributed by atoms with Crippen molar-refractivity contribution < 1.29 is 32.8 Å². The molecule has 0 aliphatic carbocycles. The maximum atomic E-state index is 11.0. The molecule has 0 aliphatic rings. The maximum Gasteiger partial charge on any atom is 0.335 e. The first-order chi connectivity index (χ1) is 12.6. The second kappa shape index (κ2) is 7.98. The van der Waals surface area contributed by atoms with Gasteiger partial charge in [-0.3, -0.25) is 4.55 Å². The minimum atomic E-state index is -4.13. The maximum absolute atomic E-state index is 11.0. The summed E-state index contributed by atoms with van der Waals surface area (Å²) in [5.41, 5.74) is 0.618. The van der Waals surface area contributed by atoms with Crippen LogP contribution in [0.2, 0.25) is 0 Å². The number of rotatable bonds is 3. The molecule has 27 heavy (non-hydrogen) atoms. The van der Waals surface area contributed by atoms with Crippen LogP contribution in [0, 0.1) is 6.92 Å². The van der Waals surface area contributed by atoms with Crippen LogP contribution in [0.4, 0.5) is 0 Å². The van der Waals surface area contributed by atoms with Crippen molar-refractivity contribution in [3.8, 4) is 0 Å². The highest BCUT2D eigenvalue weighted by molar-refractivity contribution is 7.86. The highest BCUT2D eigenvalue weighted by Gasteiger charge is 2.12. The van der Waals surface area contributed by atoms with Crippen LogP contribution in [0.1, 0.15) is 26.3 Å². The van der Waals surface area contributed by atoms with E-state index in [2.05, 4.69) is 0 Å². The summed E-state index contributed by atoms with van der Waals surface area (Å²) >= 11 is 0. The second-order valence-electron chi connectivity index (χ2n) is 5.65. The van der Waals surface area contributed by atoms with Crippen LogP contribution < -0.4 is 0 Å². The van der Waals surface area contributed by atoms with E-state index in [0.717, 1.165) is 11.5 Å². The molecule has 3 rings (SSSR count). The van der Waals surface area contributed by atoms with E-state index in [9.17, 15) is 18.0 Å². The van der Waals surface area contributed by atoms with Crippen molar-refractivity contribution in [1.29, 1.82) is 0 Å². The van der Waals surface area contributed by atoms with Gasteiger partial charge >= 0.3 is 11.9 Å². The number of aryl methyl sites for hydroxylation is 1. The third-order valence-corrected chi connectivity index (χ3v) is 4.51. The van der Waals surface area contributed by atoms with Crippen LogP contribution in [-0.2, 0) is 10.1 Å². The smallest absolute Gasteiger partial charge is 0.335 e. The molecule has 8 heteroatoms. The zero-order valence-corrected chi connectivity index (χ0v) is 15.0. The molecule has 0 amide bonds. The van der Waals surface area contributed by atoms with Gasteiger partial charge in [0, 0.05) is 5.39 Å². The lowest BCUT2D eigenvalue weighted by atomic mass is 10.1. The Labute approximate surface area is 155 Å². The van der Waals surface area contributed by atoms with Crippen LogP contribution in [0.3, 0.4) is 0 Å². The van der Waals surface area contributed by atoms with Gasteiger partial charge in [0.25, 0.3) is 10.1 Å². The van der Waals surface area contributed by atoms with E-state index in [4.69, 9.17) is 14.8 Å². The zero-order chi connectivity index (χ0) is 20.2.